The summed E-state index contributed by atoms with van der Waals surface area (Å²) in [4.78, 5) is -0.124. The molecule has 1 heterocycles. The predicted molar refractivity (Wildman–Crippen MR) is 90.9 cm³/mol. The molecule has 9 heteroatoms. The Morgan fingerprint density at radius 1 is 1.12 bits per heavy atom. The van der Waals surface area contributed by atoms with E-state index in [-0.39, 0.29) is 4.90 Å². The van der Waals surface area contributed by atoms with Gasteiger partial charge in [-0.25, -0.2) is 18.2 Å². The molecular weight excluding hydrogens is 367 g/mol. The Hall–Kier alpha value is -2.39. The third kappa shape index (κ3) is 3.73. The van der Waals surface area contributed by atoms with Gasteiger partial charge in [0.25, 0.3) is 0 Å². The molecule has 5 nitrogen and oxygen atoms in total. The van der Waals surface area contributed by atoms with Crippen LogP contribution in [-0.2, 0) is 16.2 Å². The van der Waals surface area contributed by atoms with Crippen LogP contribution in [0.4, 0.5) is 13.2 Å². The summed E-state index contributed by atoms with van der Waals surface area (Å²) >= 11 is 0. The largest absolute Gasteiger partial charge is 0.435 e. The first-order valence-corrected chi connectivity index (χ1v) is 9.27. The predicted octanol–water partition coefficient (Wildman–Crippen LogP) is 3.66. The smallest absolute Gasteiger partial charge is 0.233 e. The Labute approximate surface area is 148 Å². The van der Waals surface area contributed by atoms with Crippen LogP contribution in [0.25, 0.3) is 11.3 Å². The Morgan fingerprint density at radius 2 is 1.77 bits per heavy atom. The first kappa shape index (κ1) is 18.4. The molecule has 0 aliphatic heterocycles. The summed E-state index contributed by atoms with van der Waals surface area (Å²) in [5.74, 6) is 0. The molecule has 1 aliphatic rings. The van der Waals surface area contributed by atoms with Gasteiger partial charge < -0.3 is 0 Å². The van der Waals surface area contributed by atoms with Crippen molar-refractivity contribution in [2.75, 3.05) is 0 Å². The molecule has 0 fully saturated rings. The minimum Gasteiger partial charge on any atom is -0.233 e. The minimum atomic E-state index is -4.58. The van der Waals surface area contributed by atoms with Gasteiger partial charge in [-0.1, -0.05) is 17.7 Å². The van der Waals surface area contributed by atoms with Gasteiger partial charge in [0, 0.05) is 0 Å². The molecule has 0 amide bonds. The van der Waals surface area contributed by atoms with Gasteiger partial charge in [-0.05, 0) is 55.7 Å². The topological polar surface area (TPSA) is 78.0 Å². The van der Waals surface area contributed by atoms with Crippen molar-refractivity contribution in [2.45, 2.75) is 30.8 Å². The van der Waals surface area contributed by atoms with Crippen molar-refractivity contribution in [3.8, 4) is 5.69 Å². The van der Waals surface area contributed by atoms with Crippen LogP contribution < -0.4 is 5.14 Å². The lowest BCUT2D eigenvalue weighted by atomic mass is 9.97. The summed E-state index contributed by atoms with van der Waals surface area (Å²) in [7, 11) is -3.89. The van der Waals surface area contributed by atoms with E-state index >= 15 is 0 Å². The van der Waals surface area contributed by atoms with E-state index in [1.807, 2.05) is 13.0 Å². The third-order valence-corrected chi connectivity index (χ3v) is 5.03. The van der Waals surface area contributed by atoms with Crippen LogP contribution in [0.5, 0.6) is 0 Å². The number of halogens is 3. The van der Waals surface area contributed by atoms with Gasteiger partial charge in [0.05, 0.1) is 16.3 Å². The number of primary sulfonamides is 1. The summed E-state index contributed by atoms with van der Waals surface area (Å²) in [6, 6.07) is 6.24. The SMILES string of the molecule is CC1=CC=C(c2cc(C(F)(F)F)nn2-c2ccc(S(N)(=O)=O)cc2)CC1. The second-order valence-electron chi connectivity index (χ2n) is 6.07. The van der Waals surface area contributed by atoms with Crippen molar-refractivity contribution in [3.05, 3.63) is 59.4 Å². The maximum Gasteiger partial charge on any atom is 0.435 e. The Balaban J connectivity index is 2.12. The van der Waals surface area contributed by atoms with E-state index in [0.717, 1.165) is 23.6 Å². The van der Waals surface area contributed by atoms with E-state index in [2.05, 4.69) is 5.10 Å². The second kappa shape index (κ2) is 6.40. The highest BCUT2D eigenvalue weighted by atomic mass is 32.2. The number of allylic oxidation sites excluding steroid dienone is 4. The van der Waals surface area contributed by atoms with E-state index in [1.165, 1.54) is 28.9 Å². The molecule has 1 aromatic heterocycles. The van der Waals surface area contributed by atoms with Gasteiger partial charge in [0.1, 0.15) is 0 Å². The standard InChI is InChI=1S/C17H16F3N3O2S/c1-11-2-4-12(5-3-11)15-10-16(17(18,19)20)22-23(15)13-6-8-14(9-7-13)26(21,24)25/h2,4,6-10H,3,5H2,1H3,(H2,21,24,25). The highest BCUT2D eigenvalue weighted by molar-refractivity contribution is 7.89. The number of nitrogens with two attached hydrogens (primary N) is 1. The number of hydrogen-bond acceptors (Lipinski definition) is 3. The summed E-state index contributed by atoms with van der Waals surface area (Å²) in [5, 5.41) is 8.74. The molecule has 1 aromatic carbocycles. The Morgan fingerprint density at radius 3 is 2.27 bits per heavy atom. The van der Waals surface area contributed by atoms with Gasteiger partial charge in [-0.2, -0.15) is 18.3 Å². The zero-order valence-corrected chi connectivity index (χ0v) is 14.6. The van der Waals surface area contributed by atoms with Gasteiger partial charge in [0.2, 0.25) is 10.0 Å². The quantitative estimate of drug-likeness (QED) is 0.879. The average Bonchev–Trinajstić information content (AvgIpc) is 3.00. The Kier molecular flexibility index (Phi) is 4.53. The van der Waals surface area contributed by atoms with E-state index in [1.54, 1.807) is 6.08 Å². The first-order chi connectivity index (χ1) is 12.1. The average molecular weight is 383 g/mol. The van der Waals surface area contributed by atoms with Crippen LogP contribution in [0.1, 0.15) is 31.2 Å². The molecule has 26 heavy (non-hydrogen) atoms. The molecule has 2 N–H and O–H groups in total. The van der Waals surface area contributed by atoms with Crippen LogP contribution >= 0.6 is 0 Å². The number of benzene rings is 1. The van der Waals surface area contributed by atoms with Crippen molar-refractivity contribution in [1.29, 1.82) is 0 Å². The fraction of sp³-hybridized carbons (Fsp3) is 0.235. The molecule has 0 saturated carbocycles. The maximum absolute atomic E-state index is 13.1. The number of aromatic nitrogens is 2. The number of alkyl halides is 3. The zero-order valence-electron chi connectivity index (χ0n) is 13.8. The summed E-state index contributed by atoms with van der Waals surface area (Å²) in [6.45, 7) is 1.96. The lowest BCUT2D eigenvalue weighted by Gasteiger charge is -2.14. The molecule has 0 saturated heterocycles. The monoisotopic (exact) mass is 383 g/mol. The molecule has 0 atom stereocenters. The number of sulfonamides is 1. The molecule has 0 radical (unpaired) electrons. The Bertz CT molecular complexity index is 1000. The molecule has 1 aliphatic carbocycles. The van der Waals surface area contributed by atoms with Crippen molar-refractivity contribution >= 4 is 15.6 Å². The van der Waals surface area contributed by atoms with Gasteiger partial charge in [-0.15, -0.1) is 0 Å². The fourth-order valence-corrected chi connectivity index (χ4v) is 3.19. The van der Waals surface area contributed by atoms with Crippen molar-refractivity contribution in [3.63, 3.8) is 0 Å². The zero-order chi connectivity index (χ0) is 19.1. The molecule has 3 rings (SSSR count). The van der Waals surface area contributed by atoms with Crippen LogP contribution in [0.15, 0.2) is 53.0 Å². The molecule has 2 aromatic rings. The third-order valence-electron chi connectivity index (χ3n) is 4.10. The summed E-state index contributed by atoms with van der Waals surface area (Å²) in [5.41, 5.74) is 1.51. The molecule has 138 valence electrons. The van der Waals surface area contributed by atoms with Gasteiger partial charge in [0.15, 0.2) is 5.69 Å². The molecule has 0 bridgehead atoms. The normalized spacial score (nSPS) is 15.6. The lowest BCUT2D eigenvalue weighted by Crippen LogP contribution is -2.12. The van der Waals surface area contributed by atoms with E-state index in [4.69, 9.17) is 5.14 Å². The van der Waals surface area contributed by atoms with Crippen molar-refractivity contribution < 1.29 is 21.6 Å². The van der Waals surface area contributed by atoms with Gasteiger partial charge >= 0.3 is 6.18 Å². The number of nitrogens with zero attached hydrogens (tertiary/aromatic N) is 2. The molecular formula is C17H16F3N3O2S. The van der Waals surface area contributed by atoms with Crippen molar-refractivity contribution in [1.82, 2.24) is 9.78 Å². The van der Waals surface area contributed by atoms with Crippen LogP contribution in [0.2, 0.25) is 0 Å². The lowest BCUT2D eigenvalue weighted by molar-refractivity contribution is -0.141. The van der Waals surface area contributed by atoms with Crippen LogP contribution in [0.3, 0.4) is 0 Å². The highest BCUT2D eigenvalue weighted by Crippen LogP contribution is 2.34. The second-order valence-corrected chi connectivity index (χ2v) is 7.63. The van der Waals surface area contributed by atoms with E-state index < -0.39 is 21.9 Å². The number of rotatable bonds is 3. The van der Waals surface area contributed by atoms with Crippen LogP contribution in [-0.4, -0.2) is 18.2 Å². The summed E-state index contributed by atoms with van der Waals surface area (Å²) < 4.78 is 63.3. The first-order valence-electron chi connectivity index (χ1n) is 7.73. The molecule has 0 unspecified atom stereocenters. The fourth-order valence-electron chi connectivity index (χ4n) is 2.68. The van der Waals surface area contributed by atoms with Gasteiger partial charge in [-0.3, -0.25) is 0 Å². The summed E-state index contributed by atoms with van der Waals surface area (Å²) in [6.07, 6.45) is 0.420. The number of hydrogen-bond donors (Lipinski definition) is 1. The highest BCUT2D eigenvalue weighted by Gasteiger charge is 2.35. The molecule has 0 spiro atoms. The maximum atomic E-state index is 13.1. The van der Waals surface area contributed by atoms with E-state index in [9.17, 15) is 21.6 Å². The van der Waals surface area contributed by atoms with Crippen molar-refractivity contribution in [2.24, 2.45) is 5.14 Å². The van der Waals surface area contributed by atoms with E-state index in [0.29, 0.717) is 17.8 Å². The minimum absolute atomic E-state index is 0.124. The van der Waals surface area contributed by atoms with Crippen LogP contribution in [0, 0.1) is 0 Å².